The maximum absolute atomic E-state index is 12.2. The average Bonchev–Trinajstić information content (AvgIpc) is 3.12. The molecule has 8 heteroatoms. The Hall–Kier alpha value is -3.00. The van der Waals surface area contributed by atoms with E-state index in [1.165, 1.54) is 11.3 Å². The lowest BCUT2D eigenvalue weighted by Gasteiger charge is -2.10. The van der Waals surface area contributed by atoms with Crippen LogP contribution in [0, 0.1) is 0 Å². The van der Waals surface area contributed by atoms with E-state index in [1.54, 1.807) is 44.1 Å². The summed E-state index contributed by atoms with van der Waals surface area (Å²) in [4.78, 5) is 24.5. The summed E-state index contributed by atoms with van der Waals surface area (Å²) >= 11 is 1.34. The first-order valence-electron chi connectivity index (χ1n) is 6.98. The minimum atomic E-state index is -0.370. The summed E-state index contributed by atoms with van der Waals surface area (Å²) in [6, 6.07) is 7.18. The first-order chi connectivity index (χ1) is 11.7. The number of rotatable bonds is 5. The molecule has 0 spiro atoms. The molecule has 2 aromatic heterocycles. The van der Waals surface area contributed by atoms with E-state index in [1.807, 2.05) is 12.1 Å². The van der Waals surface area contributed by atoms with Crippen LogP contribution in [-0.2, 0) is 0 Å². The third kappa shape index (κ3) is 3.18. The van der Waals surface area contributed by atoms with Crippen LogP contribution in [0.3, 0.4) is 0 Å². The van der Waals surface area contributed by atoms with Gasteiger partial charge >= 0.3 is 0 Å². The van der Waals surface area contributed by atoms with Gasteiger partial charge in [0.2, 0.25) is 5.95 Å². The van der Waals surface area contributed by atoms with Crippen molar-refractivity contribution in [3.05, 3.63) is 47.7 Å². The van der Waals surface area contributed by atoms with Crippen molar-refractivity contribution in [3.63, 3.8) is 0 Å². The molecular weight excluding hydrogens is 328 g/mol. The first kappa shape index (κ1) is 15.9. The minimum Gasteiger partial charge on any atom is -0.493 e. The molecule has 0 aliphatic carbocycles. The number of carbonyl (C=O) groups excluding carboxylic acids is 1. The highest BCUT2D eigenvalue weighted by molar-refractivity contribution is 7.13. The van der Waals surface area contributed by atoms with Gasteiger partial charge in [0.15, 0.2) is 11.5 Å². The number of nitrogens with one attached hydrogen (secondary N) is 1. The smallest absolute Gasteiger partial charge is 0.277 e. The molecule has 0 saturated heterocycles. The van der Waals surface area contributed by atoms with Crippen LogP contribution in [0.4, 0.5) is 5.95 Å². The first-order valence-corrected chi connectivity index (χ1v) is 7.86. The van der Waals surface area contributed by atoms with Crippen LogP contribution in [0.25, 0.3) is 10.6 Å². The van der Waals surface area contributed by atoms with Crippen LogP contribution in [0.2, 0.25) is 0 Å². The summed E-state index contributed by atoms with van der Waals surface area (Å²) in [7, 11) is 3.14. The van der Waals surface area contributed by atoms with Crippen LogP contribution in [0.15, 0.2) is 42.0 Å². The number of amides is 1. The van der Waals surface area contributed by atoms with Gasteiger partial charge < -0.3 is 9.47 Å². The summed E-state index contributed by atoms with van der Waals surface area (Å²) < 4.78 is 10.7. The van der Waals surface area contributed by atoms with Gasteiger partial charge in [-0.3, -0.25) is 10.1 Å². The number of benzene rings is 1. The molecule has 1 amide bonds. The Morgan fingerprint density at radius 2 is 1.92 bits per heavy atom. The number of methoxy groups -OCH3 is 2. The van der Waals surface area contributed by atoms with E-state index in [2.05, 4.69) is 20.3 Å². The summed E-state index contributed by atoms with van der Waals surface area (Å²) in [5.74, 6) is 1.04. The van der Waals surface area contributed by atoms with E-state index in [0.29, 0.717) is 16.5 Å². The number of anilines is 1. The standard InChI is InChI=1S/C16H14N4O3S/c1-22-12-6-3-5-10(13(12)23-2)15-19-11(9-24-15)14(21)20-16-17-7-4-8-18-16/h3-9H,1-2H3,(H,17,18,20,21). The van der Waals surface area contributed by atoms with Crippen molar-refractivity contribution in [1.29, 1.82) is 0 Å². The van der Waals surface area contributed by atoms with Crippen molar-refractivity contribution in [3.8, 4) is 22.1 Å². The third-order valence-electron chi connectivity index (χ3n) is 3.16. The van der Waals surface area contributed by atoms with Gasteiger partial charge in [0.05, 0.1) is 19.8 Å². The molecule has 122 valence electrons. The molecule has 2 heterocycles. The Bertz CT molecular complexity index is 852. The van der Waals surface area contributed by atoms with E-state index >= 15 is 0 Å². The molecule has 24 heavy (non-hydrogen) atoms. The van der Waals surface area contributed by atoms with E-state index in [-0.39, 0.29) is 17.5 Å². The highest BCUT2D eigenvalue weighted by Crippen LogP contribution is 2.38. The van der Waals surface area contributed by atoms with Gasteiger partial charge in [-0.1, -0.05) is 6.07 Å². The zero-order chi connectivity index (χ0) is 16.9. The fourth-order valence-corrected chi connectivity index (χ4v) is 2.91. The van der Waals surface area contributed by atoms with Gasteiger partial charge in [-0.2, -0.15) is 0 Å². The van der Waals surface area contributed by atoms with Crippen molar-refractivity contribution in [1.82, 2.24) is 15.0 Å². The molecule has 0 unspecified atom stereocenters. The summed E-state index contributed by atoms with van der Waals surface area (Å²) in [5.41, 5.74) is 1.05. The van der Waals surface area contributed by atoms with Gasteiger partial charge in [0.1, 0.15) is 10.7 Å². The van der Waals surface area contributed by atoms with Gasteiger partial charge in [-0.15, -0.1) is 11.3 Å². The lowest BCUT2D eigenvalue weighted by molar-refractivity contribution is 0.102. The fraction of sp³-hybridized carbons (Fsp3) is 0.125. The van der Waals surface area contributed by atoms with Crippen molar-refractivity contribution in [2.45, 2.75) is 0 Å². The summed E-state index contributed by atoms with van der Waals surface area (Å²) in [6.45, 7) is 0. The highest BCUT2D eigenvalue weighted by Gasteiger charge is 2.17. The van der Waals surface area contributed by atoms with Gasteiger partial charge in [-0.05, 0) is 18.2 Å². The SMILES string of the molecule is COc1cccc(-c2nc(C(=O)Nc3ncccn3)cs2)c1OC. The zero-order valence-electron chi connectivity index (χ0n) is 13.0. The van der Waals surface area contributed by atoms with E-state index in [4.69, 9.17) is 9.47 Å². The lowest BCUT2D eigenvalue weighted by atomic mass is 10.2. The van der Waals surface area contributed by atoms with Crippen LogP contribution >= 0.6 is 11.3 Å². The number of hydrogen-bond donors (Lipinski definition) is 1. The molecule has 3 rings (SSSR count). The van der Waals surface area contributed by atoms with Crippen molar-refractivity contribution < 1.29 is 14.3 Å². The molecule has 7 nitrogen and oxygen atoms in total. The quantitative estimate of drug-likeness (QED) is 0.767. The van der Waals surface area contributed by atoms with E-state index in [0.717, 1.165) is 5.56 Å². The maximum Gasteiger partial charge on any atom is 0.277 e. The van der Waals surface area contributed by atoms with Crippen LogP contribution in [0.5, 0.6) is 11.5 Å². The Morgan fingerprint density at radius 3 is 2.62 bits per heavy atom. The number of nitrogens with zero attached hydrogens (tertiary/aromatic N) is 3. The second-order valence-corrected chi connectivity index (χ2v) is 5.46. The molecule has 0 aliphatic rings. The van der Waals surface area contributed by atoms with E-state index < -0.39 is 0 Å². The maximum atomic E-state index is 12.2. The summed E-state index contributed by atoms with van der Waals surface area (Å²) in [6.07, 6.45) is 3.10. The molecule has 3 aromatic rings. The minimum absolute atomic E-state index is 0.232. The average molecular weight is 342 g/mol. The molecule has 0 radical (unpaired) electrons. The Morgan fingerprint density at radius 1 is 1.12 bits per heavy atom. The Kier molecular flexibility index (Phi) is 4.66. The zero-order valence-corrected chi connectivity index (χ0v) is 13.8. The molecular formula is C16H14N4O3S. The predicted molar refractivity (Wildman–Crippen MR) is 90.6 cm³/mol. The number of aromatic nitrogens is 3. The molecule has 1 N–H and O–H groups in total. The van der Waals surface area contributed by atoms with E-state index in [9.17, 15) is 4.79 Å². The van der Waals surface area contributed by atoms with Crippen LogP contribution < -0.4 is 14.8 Å². The lowest BCUT2D eigenvalue weighted by Crippen LogP contribution is -2.14. The second kappa shape index (κ2) is 7.05. The Balaban J connectivity index is 1.87. The number of thiazole rings is 1. The predicted octanol–water partition coefficient (Wildman–Crippen LogP) is 2.87. The molecule has 0 bridgehead atoms. The monoisotopic (exact) mass is 342 g/mol. The van der Waals surface area contributed by atoms with Crippen molar-refractivity contribution >= 4 is 23.2 Å². The third-order valence-corrected chi connectivity index (χ3v) is 4.04. The topological polar surface area (TPSA) is 86.2 Å². The van der Waals surface area contributed by atoms with Crippen LogP contribution in [-0.4, -0.2) is 35.1 Å². The summed E-state index contributed by atoms with van der Waals surface area (Å²) in [5, 5.41) is 4.93. The fourth-order valence-electron chi connectivity index (χ4n) is 2.09. The number of carbonyl (C=O) groups is 1. The van der Waals surface area contributed by atoms with Gasteiger partial charge in [-0.25, -0.2) is 15.0 Å². The van der Waals surface area contributed by atoms with Crippen molar-refractivity contribution in [2.75, 3.05) is 19.5 Å². The normalized spacial score (nSPS) is 10.2. The second-order valence-electron chi connectivity index (χ2n) is 4.61. The molecule has 1 aromatic carbocycles. The largest absolute Gasteiger partial charge is 0.493 e. The highest BCUT2D eigenvalue weighted by atomic mass is 32.1. The van der Waals surface area contributed by atoms with Crippen LogP contribution in [0.1, 0.15) is 10.5 Å². The van der Waals surface area contributed by atoms with Gasteiger partial charge in [0, 0.05) is 17.8 Å². The molecule has 0 saturated carbocycles. The Labute approximate surface area is 142 Å². The number of hydrogen-bond acceptors (Lipinski definition) is 7. The van der Waals surface area contributed by atoms with Crippen molar-refractivity contribution in [2.24, 2.45) is 0 Å². The number of para-hydroxylation sites is 1. The van der Waals surface area contributed by atoms with Gasteiger partial charge in [0.25, 0.3) is 5.91 Å². The number of ether oxygens (including phenoxy) is 2. The molecule has 0 fully saturated rings. The molecule has 0 aliphatic heterocycles. The molecule has 0 atom stereocenters.